The van der Waals surface area contributed by atoms with Gasteiger partial charge in [0, 0.05) is 54.5 Å². The van der Waals surface area contributed by atoms with Crippen LogP contribution in [0.15, 0.2) is 131 Å². The molecule has 6 aromatic rings. The van der Waals surface area contributed by atoms with Crippen molar-refractivity contribution in [3.63, 3.8) is 0 Å². The number of fused-ring (bicyclic) bond motifs is 2. The van der Waals surface area contributed by atoms with Crippen LogP contribution in [0.4, 0.5) is 9.59 Å². The van der Waals surface area contributed by atoms with Crippen molar-refractivity contribution in [1.82, 2.24) is 30.0 Å². The minimum absolute atomic E-state index is 0. The molecule has 14 rings (SSSR count). The monoisotopic (exact) mass is 1450 g/mol. The van der Waals surface area contributed by atoms with E-state index in [1.54, 1.807) is 97.6 Å². The Labute approximate surface area is 586 Å². The van der Waals surface area contributed by atoms with Gasteiger partial charge in [0.2, 0.25) is 0 Å². The molecule has 532 valence electrons. The van der Waals surface area contributed by atoms with Crippen molar-refractivity contribution in [2.24, 2.45) is 23.7 Å². The minimum atomic E-state index is -3.59. The summed E-state index contributed by atoms with van der Waals surface area (Å²) in [6.45, 7) is 14.6. The number of ether oxygens (including phenoxy) is 2. The largest absolute Gasteiger partial charge is 0.478 e. The Morgan fingerprint density at radius 3 is 1.27 bits per heavy atom. The Hall–Kier alpha value is -6.93. The first-order valence-corrected chi connectivity index (χ1v) is 37.4. The van der Waals surface area contributed by atoms with Gasteiger partial charge in [0.25, 0.3) is 5.91 Å². The highest BCUT2D eigenvalue weighted by Gasteiger charge is 2.49. The van der Waals surface area contributed by atoms with E-state index in [-0.39, 0.29) is 72.2 Å². The zero-order valence-corrected chi connectivity index (χ0v) is 58.8. The summed E-state index contributed by atoms with van der Waals surface area (Å²) in [5, 5.41) is 44.9. The van der Waals surface area contributed by atoms with Gasteiger partial charge in [-0.3, -0.25) is 24.5 Å². The number of hydrogen-bond acceptors (Lipinski definition) is 17. The third-order valence-corrected chi connectivity index (χ3v) is 21.5. The molecule has 6 heterocycles. The third kappa shape index (κ3) is 22.8. The number of carbonyl (C=O) groups excluding carboxylic acids is 4. The van der Waals surface area contributed by atoms with Crippen molar-refractivity contribution in [2.75, 3.05) is 57.7 Å². The second-order valence-electron chi connectivity index (χ2n) is 29.1. The predicted octanol–water partition coefficient (Wildman–Crippen LogP) is 12.0. The van der Waals surface area contributed by atoms with E-state index in [0.29, 0.717) is 65.7 Å². The number of aromatic carboxylic acids is 1. The fourth-order valence-electron chi connectivity index (χ4n) is 11.3. The van der Waals surface area contributed by atoms with Gasteiger partial charge in [0.1, 0.15) is 16.8 Å². The molecule has 4 aliphatic carbocycles. The summed E-state index contributed by atoms with van der Waals surface area (Å²) in [5.41, 5.74) is 0.0548. The van der Waals surface area contributed by atoms with E-state index >= 15 is 0 Å². The van der Waals surface area contributed by atoms with Crippen LogP contribution in [-0.2, 0) is 45.4 Å². The Morgan fingerprint density at radius 1 is 0.557 bits per heavy atom. The molecule has 8 fully saturated rings. The number of likely N-dealkylation sites (tertiary alicyclic amines) is 3. The van der Waals surface area contributed by atoms with Crippen LogP contribution in [0.1, 0.15) is 159 Å². The van der Waals surface area contributed by atoms with Gasteiger partial charge in [-0.2, -0.15) is 0 Å². The molecule has 0 bridgehead atoms. The molecule has 4 saturated carbocycles. The van der Waals surface area contributed by atoms with Crippen LogP contribution >= 0.6 is 15.9 Å². The van der Waals surface area contributed by atoms with Gasteiger partial charge in [-0.05, 0) is 157 Å². The van der Waals surface area contributed by atoms with E-state index in [2.05, 4.69) is 31.2 Å². The molecule has 21 nitrogen and oxygen atoms in total. The van der Waals surface area contributed by atoms with Crippen molar-refractivity contribution >= 4 is 87.3 Å². The molecule has 4 aliphatic heterocycles. The number of rotatable bonds is 15. The number of carbonyl (C=O) groups is 5. The SMILES string of the molecule is BrCC1CC1.C.CC(C)(C)OC(=O)N1CC(=O)C1.CC(C)(C)OC(=O)N1CC(O)(CC2CC2)C1.O=C(O)c1ccc(CS(=O)(=O)c2cccc3cccnc23)cc1.O=C(c1ccc(CS(=O)(=O)c2cccc3cccnc23)cc1)N1CC(O)(CC2CC2)C1.OC1(CC2CC2)CNC1.[2HH].[2H][2H].[2H][2H]. The second kappa shape index (κ2) is 31.5. The average Bonchev–Trinajstić information content (AvgIpc) is 1.42. The zero-order chi connectivity index (χ0) is 73.4. The van der Waals surface area contributed by atoms with Crippen molar-refractivity contribution in [3.05, 3.63) is 144 Å². The van der Waals surface area contributed by atoms with Crippen LogP contribution in [0, 0.1) is 23.7 Å². The molecule has 0 radical (unpaired) electrons. The molecule has 3 amide bonds. The number of aliphatic hydroxyl groups is 3. The Balaban J connectivity index is 0.000000233. The lowest BCUT2D eigenvalue weighted by Crippen LogP contribution is -2.64. The molecule has 0 spiro atoms. The maximum atomic E-state index is 13.0. The topological polar surface area (TPSA) is 301 Å². The fourth-order valence-corrected chi connectivity index (χ4v) is 15.1. The molecule has 5 N–H and O–H groups in total. The average molecular weight is 1450 g/mol. The molecule has 0 unspecified atom stereocenters. The molecule has 0 atom stereocenters. The van der Waals surface area contributed by atoms with Gasteiger partial charge in [0.05, 0.1) is 88.4 Å². The van der Waals surface area contributed by atoms with E-state index in [4.69, 9.17) is 20.5 Å². The molecule has 24 heteroatoms. The number of halogens is 1. The first-order valence-electron chi connectivity index (χ1n) is 34.9. The predicted molar refractivity (Wildman–Crippen MR) is 381 cm³/mol. The van der Waals surface area contributed by atoms with Crippen LogP contribution in [0.5, 0.6) is 0 Å². The first-order chi connectivity index (χ1) is 47.2. The van der Waals surface area contributed by atoms with E-state index in [9.17, 15) is 56.1 Å². The first kappa shape index (κ1) is 72.8. The van der Waals surface area contributed by atoms with Gasteiger partial charge in [0.15, 0.2) is 25.5 Å². The number of β-amino-alcohol motifs (C(OH)–C–C–N with tert-alkyl or cyclic N) is 3. The van der Waals surface area contributed by atoms with Crippen LogP contribution in [-0.4, -0.2) is 177 Å². The van der Waals surface area contributed by atoms with Crippen molar-refractivity contribution in [3.8, 4) is 0 Å². The number of carboxylic acids is 1. The van der Waals surface area contributed by atoms with E-state index in [1.807, 2.05) is 45.0 Å². The summed E-state index contributed by atoms with van der Waals surface area (Å²) in [4.78, 5) is 70.2. The number of Topliss-reactive ketones (excluding diaryl/α,β-unsaturated/α-hetero) is 1. The maximum Gasteiger partial charge on any atom is 0.411 e. The van der Waals surface area contributed by atoms with Gasteiger partial charge >= 0.3 is 18.2 Å². The zero-order valence-electron chi connectivity index (χ0n) is 59.6. The third-order valence-electron chi connectivity index (χ3n) is 17.2. The van der Waals surface area contributed by atoms with Gasteiger partial charge in [-0.25, -0.2) is 31.2 Å². The Morgan fingerprint density at radius 2 is 0.928 bits per heavy atom. The maximum absolute atomic E-state index is 13.0. The van der Waals surface area contributed by atoms with Gasteiger partial charge < -0.3 is 45.0 Å². The van der Waals surface area contributed by atoms with Crippen molar-refractivity contribution in [2.45, 2.75) is 169 Å². The number of alkyl halides is 1. The Kier molecular flexibility index (Phi) is 23.7. The summed E-state index contributed by atoms with van der Waals surface area (Å²) < 4.78 is 81.7. The number of hydrogen-bond donors (Lipinski definition) is 5. The number of nitrogens with one attached hydrogen (secondary N) is 1. The molecular formula is C73H101BrN6O15S2. The molecule has 8 aliphatic rings. The lowest BCUT2D eigenvalue weighted by Gasteiger charge is -2.46. The summed E-state index contributed by atoms with van der Waals surface area (Å²) in [6, 6.07) is 29.8. The van der Waals surface area contributed by atoms with Gasteiger partial charge in [-0.1, -0.05) is 123 Å². The van der Waals surface area contributed by atoms with Gasteiger partial charge in [-0.15, -0.1) is 0 Å². The quantitative estimate of drug-likeness (QED) is 0.0597. The normalized spacial score (nSPS) is 18.9. The number of carboxylic acid groups (broad SMARTS) is 1. The number of benzene rings is 4. The standard InChI is InChI=1S/C24H24N2O4S.C17H13NO4S.C12H21NO3.C8H13NO3.C7H13NO.C4H7Br.CH4.3H2/c27-23(26-15-24(28,16-26)13-17-6-7-17)20-10-8-18(9-11-20)14-31(29,30)21-5-1-3-19-4-2-12-25-22(19)21;19-17(20)14-8-6-12(7-9-14)11-23(21,22)15-5-1-3-13-4-2-10-18-16(13)15;1-11(2,3)16-10(14)13-7-12(15,8-13)6-9-4-5-9;1-8(2,3)12-7(11)9-4-6(10)5-9;9-7(4-8-5-7)3-6-1-2-6;5-3-4-1-2-4;;;;/h1-5,8-12,17,28H,6-7,13-16H2;1-10H,11H2,(H,19,20);9,15H,4-8H2,1-3H3;4-5H2,1-3H3;6,8-9H,1-5H2;4H,1-3H2;1H4;3*1H/i;;;;;;;2*1+1D;1+1. The lowest BCUT2D eigenvalue weighted by atomic mass is 9.87. The van der Waals surface area contributed by atoms with Crippen molar-refractivity contribution in [1.29, 1.82) is 0 Å². The van der Waals surface area contributed by atoms with Crippen LogP contribution < -0.4 is 5.32 Å². The number of pyridine rings is 2. The summed E-state index contributed by atoms with van der Waals surface area (Å²) in [7, 11) is -7.18. The summed E-state index contributed by atoms with van der Waals surface area (Å²) in [5.74, 6) is 1.75. The fraction of sp³-hybridized carbons (Fsp3) is 0.521. The van der Waals surface area contributed by atoms with Crippen LogP contribution in [0.25, 0.3) is 21.8 Å². The number of para-hydroxylation sites is 2. The lowest BCUT2D eigenvalue weighted by molar-refractivity contribution is -0.128. The summed E-state index contributed by atoms with van der Waals surface area (Å²) >= 11 is 3.38. The molecule has 4 aromatic carbocycles. The second-order valence-corrected chi connectivity index (χ2v) is 33.6. The van der Waals surface area contributed by atoms with Crippen LogP contribution in [0.2, 0.25) is 0 Å². The number of ketones is 1. The number of amides is 3. The summed E-state index contributed by atoms with van der Waals surface area (Å²) in [6.07, 6.45) is 15.5. The molecular weight excluding hydrogens is 1340 g/mol. The number of aromatic nitrogens is 2. The number of nitrogens with zero attached hydrogens (tertiary/aromatic N) is 5. The number of sulfone groups is 2. The van der Waals surface area contributed by atoms with Crippen molar-refractivity contribution < 1.29 is 78.1 Å². The van der Waals surface area contributed by atoms with E-state index in [0.717, 1.165) is 55.0 Å². The minimum Gasteiger partial charge on any atom is -0.478 e. The smallest absolute Gasteiger partial charge is 0.411 e. The highest BCUT2D eigenvalue weighted by atomic mass is 79.9. The highest BCUT2D eigenvalue weighted by molar-refractivity contribution is 9.09. The molecule has 4 saturated heterocycles. The molecule has 97 heavy (non-hydrogen) atoms. The van der Waals surface area contributed by atoms with Crippen LogP contribution in [0.3, 0.4) is 0 Å². The van der Waals surface area contributed by atoms with E-state index < -0.39 is 54.1 Å². The highest BCUT2D eigenvalue weighted by Crippen LogP contribution is 2.42. The van der Waals surface area contributed by atoms with E-state index in [1.165, 1.54) is 91.9 Å². The Bertz CT molecular complexity index is 3970. The molecule has 2 aromatic heterocycles.